The molecule has 0 bridgehead atoms. The third-order valence-corrected chi connectivity index (χ3v) is 4.97. The van der Waals surface area contributed by atoms with Crippen molar-refractivity contribution in [1.29, 1.82) is 0 Å². The quantitative estimate of drug-likeness (QED) is 0.346. The van der Waals surface area contributed by atoms with Crippen LogP contribution in [0.25, 0.3) is 11.0 Å². The van der Waals surface area contributed by atoms with E-state index in [0.717, 1.165) is 0 Å². The zero-order chi connectivity index (χ0) is 22.7. The molecule has 0 radical (unpaired) electrons. The summed E-state index contributed by atoms with van der Waals surface area (Å²) in [6, 6.07) is 8.26. The van der Waals surface area contributed by atoms with Crippen molar-refractivity contribution in [2.45, 2.75) is 13.3 Å². The fraction of sp³-hybridized carbons (Fsp3) is 0.136. The summed E-state index contributed by atoms with van der Waals surface area (Å²) in [5.41, 5.74) is 0.819. The molecule has 4 rings (SSSR count). The van der Waals surface area contributed by atoms with Crippen LogP contribution in [0.15, 0.2) is 58.1 Å². The van der Waals surface area contributed by atoms with E-state index in [1.165, 1.54) is 12.3 Å². The number of anilines is 1. The molecule has 0 aliphatic heterocycles. The van der Waals surface area contributed by atoms with Crippen LogP contribution in [-0.2, 0) is 11.2 Å². The second kappa shape index (κ2) is 9.11. The molecular weight excluding hydrogens is 439 g/mol. The number of fused-ring (bicyclic) bond motifs is 1. The SMILES string of the molecule is Cc1c(Cc2ccnc(NC(=O)CCl)c2F)c(=O)oc2cc(Oc3ncccn3)ccc12. The Balaban J connectivity index is 1.67. The summed E-state index contributed by atoms with van der Waals surface area (Å²) in [6.07, 6.45) is 4.39. The van der Waals surface area contributed by atoms with Gasteiger partial charge in [-0.2, -0.15) is 0 Å². The highest BCUT2D eigenvalue weighted by molar-refractivity contribution is 6.29. The Kier molecular flexibility index (Phi) is 6.09. The first kappa shape index (κ1) is 21.4. The predicted octanol–water partition coefficient (Wildman–Crippen LogP) is 3.99. The van der Waals surface area contributed by atoms with Crippen molar-refractivity contribution >= 4 is 34.3 Å². The van der Waals surface area contributed by atoms with Gasteiger partial charge in [0.05, 0.1) is 0 Å². The van der Waals surface area contributed by atoms with Crippen LogP contribution < -0.4 is 15.7 Å². The molecule has 0 aliphatic rings. The average Bonchev–Trinajstić information content (AvgIpc) is 2.79. The number of benzene rings is 1. The van der Waals surface area contributed by atoms with Crippen LogP contribution in [0.1, 0.15) is 16.7 Å². The van der Waals surface area contributed by atoms with Gasteiger partial charge in [0, 0.05) is 42.0 Å². The zero-order valence-electron chi connectivity index (χ0n) is 16.8. The Morgan fingerprint density at radius 1 is 1.19 bits per heavy atom. The second-order valence-corrected chi connectivity index (χ2v) is 7.04. The summed E-state index contributed by atoms with van der Waals surface area (Å²) in [6.45, 7) is 1.75. The summed E-state index contributed by atoms with van der Waals surface area (Å²) in [5.74, 6) is -1.51. The molecule has 1 amide bonds. The molecular formula is C22H16ClFN4O4. The highest BCUT2D eigenvalue weighted by Gasteiger charge is 2.17. The van der Waals surface area contributed by atoms with Gasteiger partial charge >= 0.3 is 11.6 Å². The Labute approximate surface area is 186 Å². The van der Waals surface area contributed by atoms with Gasteiger partial charge in [-0.15, -0.1) is 11.6 Å². The molecule has 0 fully saturated rings. The van der Waals surface area contributed by atoms with Gasteiger partial charge in [0.25, 0.3) is 0 Å². The molecule has 1 N–H and O–H groups in total. The molecule has 1 aromatic carbocycles. The number of nitrogens with one attached hydrogen (secondary N) is 1. The lowest BCUT2D eigenvalue weighted by atomic mass is 9.99. The molecule has 8 nitrogen and oxygen atoms in total. The molecule has 0 saturated heterocycles. The van der Waals surface area contributed by atoms with Gasteiger partial charge in [-0.1, -0.05) is 0 Å². The molecule has 10 heteroatoms. The van der Waals surface area contributed by atoms with Crippen LogP contribution in [0.3, 0.4) is 0 Å². The standard InChI is InChI=1S/C22H16ClFN4O4/c1-12-15-4-3-14(31-22-26-6-2-7-27-22)10-17(15)32-21(30)16(12)9-13-5-8-25-20(19(13)24)28-18(29)11-23/h2-8,10H,9,11H2,1H3,(H,25,28,29). The maximum atomic E-state index is 14.8. The van der Waals surface area contributed by atoms with E-state index < -0.39 is 17.3 Å². The number of aryl methyl sites for hydroxylation is 1. The summed E-state index contributed by atoms with van der Waals surface area (Å²) in [5, 5.41) is 2.96. The molecule has 0 aliphatic carbocycles. The van der Waals surface area contributed by atoms with Gasteiger partial charge in [-0.3, -0.25) is 4.79 Å². The smallest absolute Gasteiger partial charge is 0.340 e. The summed E-state index contributed by atoms with van der Waals surface area (Å²) in [7, 11) is 0. The predicted molar refractivity (Wildman–Crippen MR) is 116 cm³/mol. The van der Waals surface area contributed by atoms with Gasteiger partial charge in [0.1, 0.15) is 17.2 Å². The Hall–Kier alpha value is -3.85. The first-order valence-electron chi connectivity index (χ1n) is 9.46. The van der Waals surface area contributed by atoms with Crippen molar-refractivity contribution < 1.29 is 18.3 Å². The first-order valence-corrected chi connectivity index (χ1v) is 10.00. The van der Waals surface area contributed by atoms with E-state index in [9.17, 15) is 14.0 Å². The fourth-order valence-corrected chi connectivity index (χ4v) is 3.22. The Morgan fingerprint density at radius 3 is 2.72 bits per heavy atom. The van der Waals surface area contributed by atoms with Crippen LogP contribution in [0.2, 0.25) is 0 Å². The van der Waals surface area contributed by atoms with Crippen LogP contribution in [-0.4, -0.2) is 26.7 Å². The highest BCUT2D eigenvalue weighted by atomic mass is 35.5. The Morgan fingerprint density at radius 2 is 1.97 bits per heavy atom. The normalized spacial score (nSPS) is 10.8. The minimum atomic E-state index is -0.739. The van der Waals surface area contributed by atoms with Gasteiger partial charge < -0.3 is 14.5 Å². The number of halogens is 2. The van der Waals surface area contributed by atoms with Crippen molar-refractivity contribution in [2.75, 3.05) is 11.2 Å². The van der Waals surface area contributed by atoms with Crippen molar-refractivity contribution in [2.24, 2.45) is 0 Å². The number of hydrogen-bond acceptors (Lipinski definition) is 7. The van der Waals surface area contributed by atoms with Crippen molar-refractivity contribution in [3.63, 3.8) is 0 Å². The summed E-state index contributed by atoms with van der Waals surface area (Å²) >= 11 is 5.45. The maximum absolute atomic E-state index is 14.8. The van der Waals surface area contributed by atoms with E-state index in [1.807, 2.05) is 0 Å². The third kappa shape index (κ3) is 4.42. The van der Waals surface area contributed by atoms with Crippen LogP contribution in [0.5, 0.6) is 11.8 Å². The van der Waals surface area contributed by atoms with Crippen molar-refractivity contribution in [3.05, 3.63) is 81.9 Å². The van der Waals surface area contributed by atoms with E-state index >= 15 is 0 Å². The van der Waals surface area contributed by atoms with E-state index in [0.29, 0.717) is 22.3 Å². The first-order chi connectivity index (χ1) is 15.5. The average molecular weight is 455 g/mol. The second-order valence-electron chi connectivity index (χ2n) is 6.78. The molecule has 0 atom stereocenters. The van der Waals surface area contributed by atoms with Gasteiger partial charge in [-0.25, -0.2) is 24.1 Å². The number of alkyl halides is 1. The minimum absolute atomic E-state index is 0.0433. The highest BCUT2D eigenvalue weighted by Crippen LogP contribution is 2.27. The number of amides is 1. The van der Waals surface area contributed by atoms with E-state index in [1.54, 1.807) is 43.6 Å². The molecule has 0 spiro atoms. The van der Waals surface area contributed by atoms with E-state index in [-0.39, 0.29) is 35.3 Å². The van der Waals surface area contributed by atoms with E-state index in [4.69, 9.17) is 20.8 Å². The number of carbonyl (C=O) groups is 1. The minimum Gasteiger partial charge on any atom is -0.424 e. The number of ether oxygens (including phenoxy) is 1. The lowest BCUT2D eigenvalue weighted by molar-refractivity contribution is -0.114. The van der Waals surface area contributed by atoms with Crippen molar-refractivity contribution in [1.82, 2.24) is 15.0 Å². The number of hydrogen-bond donors (Lipinski definition) is 1. The number of nitrogens with zero attached hydrogens (tertiary/aromatic N) is 3. The third-order valence-electron chi connectivity index (χ3n) is 4.73. The molecule has 0 saturated carbocycles. The van der Waals surface area contributed by atoms with Crippen LogP contribution in [0, 0.1) is 12.7 Å². The Bertz CT molecular complexity index is 1360. The molecule has 162 valence electrons. The molecule has 3 aromatic heterocycles. The van der Waals surface area contributed by atoms with Crippen LogP contribution in [0.4, 0.5) is 10.2 Å². The van der Waals surface area contributed by atoms with E-state index in [2.05, 4.69) is 20.3 Å². The maximum Gasteiger partial charge on any atom is 0.340 e. The lowest BCUT2D eigenvalue weighted by Crippen LogP contribution is -2.16. The molecule has 32 heavy (non-hydrogen) atoms. The number of aromatic nitrogens is 3. The van der Waals surface area contributed by atoms with Gasteiger partial charge in [0.15, 0.2) is 11.6 Å². The van der Waals surface area contributed by atoms with Crippen LogP contribution >= 0.6 is 11.6 Å². The van der Waals surface area contributed by atoms with Gasteiger partial charge in [-0.05, 0) is 42.3 Å². The van der Waals surface area contributed by atoms with Gasteiger partial charge in [0.2, 0.25) is 5.91 Å². The number of pyridine rings is 1. The molecule has 4 aromatic rings. The molecule has 0 unspecified atom stereocenters. The fourth-order valence-electron chi connectivity index (χ4n) is 3.15. The largest absolute Gasteiger partial charge is 0.424 e. The zero-order valence-corrected chi connectivity index (χ0v) is 17.5. The topological polar surface area (TPSA) is 107 Å². The number of rotatable bonds is 6. The summed E-state index contributed by atoms with van der Waals surface area (Å²) in [4.78, 5) is 36.0. The number of carbonyl (C=O) groups excluding carboxylic acids is 1. The molecule has 3 heterocycles. The van der Waals surface area contributed by atoms with Crippen molar-refractivity contribution in [3.8, 4) is 11.8 Å². The lowest BCUT2D eigenvalue weighted by Gasteiger charge is -2.11. The monoisotopic (exact) mass is 454 g/mol. The summed E-state index contributed by atoms with van der Waals surface area (Å²) < 4.78 is 25.9.